The summed E-state index contributed by atoms with van der Waals surface area (Å²) in [6, 6.07) is 5.69. The number of nitrogens with one attached hydrogen (secondary N) is 1. The lowest BCUT2D eigenvalue weighted by Crippen LogP contribution is -2.70. The molecule has 2 saturated carbocycles. The zero-order valence-corrected chi connectivity index (χ0v) is 20.9. The van der Waals surface area contributed by atoms with E-state index in [2.05, 4.69) is 15.2 Å². The molecule has 1 aromatic carbocycles. The van der Waals surface area contributed by atoms with Crippen molar-refractivity contribution >= 4 is 6.03 Å². The largest absolute Gasteiger partial charge is 0.417 e. The van der Waals surface area contributed by atoms with Crippen molar-refractivity contribution < 1.29 is 22.7 Å². The zero-order chi connectivity index (χ0) is 26.3. The topological polar surface area (TPSA) is 98.1 Å². The second-order valence-corrected chi connectivity index (χ2v) is 12.4. The van der Waals surface area contributed by atoms with Crippen LogP contribution in [-0.2, 0) is 17.3 Å². The maximum Gasteiger partial charge on any atom is 0.417 e. The molecule has 0 unspecified atom stereocenters. The number of likely N-dealkylation sites (tertiary alicyclic amines) is 2. The Bertz CT molecular complexity index is 1300. The Morgan fingerprint density at radius 1 is 1.08 bits per heavy atom. The minimum Gasteiger partial charge on any atom is -0.380 e. The smallest absolute Gasteiger partial charge is 0.380 e. The first-order chi connectivity index (χ1) is 18.1. The number of hydrogen-bond donors (Lipinski definition) is 1. The number of nitriles is 1. The number of hydrogen-bond acceptors (Lipinski definition) is 5. The van der Waals surface area contributed by atoms with Crippen LogP contribution >= 0.6 is 0 Å². The fourth-order valence-corrected chi connectivity index (χ4v) is 7.43. The molecule has 0 atom stereocenters. The molecule has 2 spiro atoms. The highest BCUT2D eigenvalue weighted by atomic mass is 19.4. The van der Waals surface area contributed by atoms with E-state index in [4.69, 9.17) is 10.00 Å². The van der Waals surface area contributed by atoms with Crippen LogP contribution in [0.1, 0.15) is 65.9 Å². The Balaban J connectivity index is 0.851. The summed E-state index contributed by atoms with van der Waals surface area (Å²) < 4.78 is 44.4. The first-order valence-electron chi connectivity index (χ1n) is 13.3. The standard InChI is InChI=1S/C27H29F3N6O2/c28-27(29,30)21-2-1-16(4-18(21)9-31)3-17-5-25(6-17)12-35(13-25)24(37)36-14-26(15-36)7-19(8-26)22-32-23(34-33-22)20-10-38-11-20/h1-2,4,17,19-20H,3,5-8,10-15H2,(H,32,33,34). The maximum atomic E-state index is 13.0. The van der Waals surface area contributed by atoms with Gasteiger partial charge in [-0.25, -0.2) is 9.78 Å². The highest BCUT2D eigenvalue weighted by Crippen LogP contribution is 2.57. The van der Waals surface area contributed by atoms with Gasteiger partial charge in [0.25, 0.3) is 0 Å². The number of carbonyl (C=O) groups is 1. The number of aromatic amines is 1. The molecule has 0 radical (unpaired) electrons. The van der Waals surface area contributed by atoms with Gasteiger partial charge in [0.15, 0.2) is 5.82 Å². The summed E-state index contributed by atoms with van der Waals surface area (Å²) in [5, 5.41) is 16.6. The molecule has 2 aliphatic carbocycles. The van der Waals surface area contributed by atoms with Crippen molar-refractivity contribution in [1.29, 1.82) is 5.26 Å². The molecule has 2 aromatic rings. The van der Waals surface area contributed by atoms with Gasteiger partial charge >= 0.3 is 12.2 Å². The van der Waals surface area contributed by atoms with Crippen LogP contribution in [0.15, 0.2) is 18.2 Å². The van der Waals surface area contributed by atoms with Gasteiger partial charge in [-0.15, -0.1) is 0 Å². The van der Waals surface area contributed by atoms with E-state index < -0.39 is 11.7 Å². The first kappa shape index (κ1) is 23.9. The average Bonchev–Trinajstić information content (AvgIpc) is 3.19. The van der Waals surface area contributed by atoms with Gasteiger partial charge in [0.1, 0.15) is 5.82 Å². The van der Waals surface area contributed by atoms with E-state index in [-0.39, 0.29) is 22.4 Å². The third-order valence-corrected chi connectivity index (χ3v) is 9.39. The number of carbonyl (C=O) groups excluding carboxylic acids is 1. The molecule has 38 heavy (non-hydrogen) atoms. The number of rotatable bonds is 4. The Morgan fingerprint density at radius 3 is 2.32 bits per heavy atom. The van der Waals surface area contributed by atoms with Crippen molar-refractivity contribution in [2.45, 2.75) is 50.1 Å². The monoisotopic (exact) mass is 526 g/mol. The number of halogens is 3. The first-order valence-corrected chi connectivity index (χ1v) is 13.3. The molecule has 3 saturated heterocycles. The maximum absolute atomic E-state index is 13.0. The van der Waals surface area contributed by atoms with Crippen LogP contribution in [-0.4, -0.2) is 70.4 Å². The molecule has 11 heteroatoms. The molecule has 3 aliphatic heterocycles. The fourth-order valence-electron chi connectivity index (χ4n) is 7.43. The number of aromatic nitrogens is 3. The minimum atomic E-state index is -4.52. The van der Waals surface area contributed by atoms with Crippen LogP contribution < -0.4 is 0 Å². The van der Waals surface area contributed by atoms with Crippen molar-refractivity contribution in [3.8, 4) is 6.07 Å². The highest BCUT2D eigenvalue weighted by molar-refractivity contribution is 5.77. The van der Waals surface area contributed by atoms with Gasteiger partial charge in [0.2, 0.25) is 0 Å². The van der Waals surface area contributed by atoms with E-state index in [0.29, 0.717) is 37.4 Å². The van der Waals surface area contributed by atoms with Gasteiger partial charge in [0, 0.05) is 42.9 Å². The van der Waals surface area contributed by atoms with Gasteiger partial charge in [-0.1, -0.05) is 6.07 Å². The predicted molar refractivity (Wildman–Crippen MR) is 128 cm³/mol. The number of ether oxygens (including phenoxy) is 1. The second-order valence-electron chi connectivity index (χ2n) is 12.4. The molecule has 0 bridgehead atoms. The lowest BCUT2D eigenvalue weighted by Gasteiger charge is -2.63. The van der Waals surface area contributed by atoms with Gasteiger partial charge in [-0.2, -0.15) is 23.5 Å². The molecule has 5 aliphatic rings. The van der Waals surface area contributed by atoms with Gasteiger partial charge < -0.3 is 14.5 Å². The summed E-state index contributed by atoms with van der Waals surface area (Å²) >= 11 is 0. The quantitative estimate of drug-likeness (QED) is 0.648. The summed E-state index contributed by atoms with van der Waals surface area (Å²) in [4.78, 5) is 21.6. The molecule has 2 amide bonds. The van der Waals surface area contributed by atoms with Crippen LogP contribution in [0.2, 0.25) is 0 Å². The van der Waals surface area contributed by atoms with Crippen LogP contribution in [0.5, 0.6) is 0 Å². The lowest BCUT2D eigenvalue weighted by atomic mass is 9.56. The van der Waals surface area contributed by atoms with E-state index in [0.717, 1.165) is 75.1 Å². The number of amides is 2. The Kier molecular flexibility index (Phi) is 5.16. The normalized spacial score (nSPS) is 24.3. The Labute approximate surface area is 218 Å². The summed E-state index contributed by atoms with van der Waals surface area (Å²) in [5.74, 6) is 2.91. The molecular weight excluding hydrogens is 497 g/mol. The highest BCUT2D eigenvalue weighted by Gasteiger charge is 2.58. The van der Waals surface area contributed by atoms with Crippen LogP contribution in [0.4, 0.5) is 18.0 Å². The Hall–Kier alpha value is -3.13. The molecule has 1 aromatic heterocycles. The van der Waals surface area contributed by atoms with E-state index in [1.54, 1.807) is 6.07 Å². The van der Waals surface area contributed by atoms with Crippen molar-refractivity contribution in [3.05, 3.63) is 46.5 Å². The molecule has 1 N–H and O–H groups in total. The molecular formula is C27H29F3N6O2. The van der Waals surface area contributed by atoms with E-state index in [9.17, 15) is 18.0 Å². The molecule has 8 nitrogen and oxygen atoms in total. The van der Waals surface area contributed by atoms with Crippen molar-refractivity contribution in [2.24, 2.45) is 16.7 Å². The van der Waals surface area contributed by atoms with E-state index in [1.807, 2.05) is 9.80 Å². The lowest BCUT2D eigenvalue weighted by molar-refractivity contribution is -0.137. The van der Waals surface area contributed by atoms with Gasteiger partial charge in [0.05, 0.1) is 36.3 Å². The predicted octanol–water partition coefficient (Wildman–Crippen LogP) is 4.06. The van der Waals surface area contributed by atoms with E-state index in [1.165, 1.54) is 12.1 Å². The average molecular weight is 527 g/mol. The third kappa shape index (κ3) is 3.87. The van der Waals surface area contributed by atoms with Crippen LogP contribution in [0, 0.1) is 28.1 Å². The minimum absolute atomic E-state index is 0.126. The number of H-pyrrole nitrogens is 1. The van der Waals surface area contributed by atoms with Crippen molar-refractivity contribution in [3.63, 3.8) is 0 Å². The van der Waals surface area contributed by atoms with Crippen molar-refractivity contribution in [1.82, 2.24) is 25.0 Å². The number of alkyl halides is 3. The van der Waals surface area contributed by atoms with Gasteiger partial charge in [-0.05, 0) is 55.7 Å². The van der Waals surface area contributed by atoms with Crippen molar-refractivity contribution in [2.75, 3.05) is 39.4 Å². The van der Waals surface area contributed by atoms with E-state index >= 15 is 0 Å². The molecule has 7 rings (SSSR count). The summed E-state index contributed by atoms with van der Waals surface area (Å²) in [6.45, 7) is 4.53. The third-order valence-electron chi connectivity index (χ3n) is 9.39. The number of benzene rings is 1. The zero-order valence-electron chi connectivity index (χ0n) is 20.9. The van der Waals surface area contributed by atoms with Crippen LogP contribution in [0.3, 0.4) is 0 Å². The Morgan fingerprint density at radius 2 is 1.74 bits per heavy atom. The molecule has 200 valence electrons. The number of urea groups is 1. The second kappa shape index (κ2) is 8.18. The summed E-state index contributed by atoms with van der Waals surface area (Å²) in [7, 11) is 0. The van der Waals surface area contributed by atoms with Crippen LogP contribution in [0.25, 0.3) is 0 Å². The molecule has 5 fully saturated rings. The van der Waals surface area contributed by atoms with Gasteiger partial charge in [-0.3, -0.25) is 5.10 Å². The number of nitrogens with zero attached hydrogens (tertiary/aromatic N) is 5. The fraction of sp³-hybridized carbons (Fsp3) is 0.630. The summed E-state index contributed by atoms with van der Waals surface area (Å²) in [5.41, 5.74) is -0.0437. The molecule has 4 heterocycles. The summed E-state index contributed by atoms with van der Waals surface area (Å²) in [6.07, 6.45) is 0.161. The SMILES string of the molecule is N#Cc1cc(CC2CC3(C2)CN(C(=O)N2CC4(CC(c5nc(C6COC6)n[nH]5)C4)C2)C3)ccc1C(F)(F)F.